The molecule has 2 aliphatic rings. The maximum atomic E-state index is 11.3. The van der Waals surface area contributed by atoms with Crippen LogP contribution in [0.1, 0.15) is 20.3 Å². The van der Waals surface area contributed by atoms with Gasteiger partial charge in [-0.1, -0.05) is 0 Å². The van der Waals surface area contributed by atoms with Crippen LogP contribution in [0, 0.1) is 0 Å². The van der Waals surface area contributed by atoms with Gasteiger partial charge >= 0.3 is 0 Å². The Bertz CT molecular complexity index is 217. The highest BCUT2D eigenvalue weighted by atomic mass is 32.2. The van der Waals surface area contributed by atoms with Crippen LogP contribution in [0.25, 0.3) is 0 Å². The van der Waals surface area contributed by atoms with E-state index in [9.17, 15) is 4.79 Å². The van der Waals surface area contributed by atoms with Gasteiger partial charge in [-0.2, -0.15) is 0 Å². The van der Waals surface area contributed by atoms with Crippen LogP contribution in [0.15, 0.2) is 0 Å². The number of amides is 1. The van der Waals surface area contributed by atoms with Crippen LogP contribution in [-0.4, -0.2) is 34.3 Å². The highest BCUT2D eigenvalue weighted by molar-refractivity contribution is 8.00. The van der Waals surface area contributed by atoms with E-state index in [1.54, 1.807) is 0 Å². The van der Waals surface area contributed by atoms with Gasteiger partial charge in [0.15, 0.2) is 0 Å². The van der Waals surface area contributed by atoms with Gasteiger partial charge in [0, 0.05) is 5.75 Å². The van der Waals surface area contributed by atoms with Gasteiger partial charge in [0.25, 0.3) is 0 Å². The molecule has 4 heteroatoms. The van der Waals surface area contributed by atoms with Crippen LogP contribution in [0.3, 0.4) is 0 Å². The molecule has 0 aromatic rings. The fraction of sp³-hybridized carbons (Fsp3) is 0.875. The fourth-order valence-electron chi connectivity index (χ4n) is 1.71. The molecule has 0 aliphatic carbocycles. The van der Waals surface area contributed by atoms with Crippen LogP contribution in [0.5, 0.6) is 0 Å². The molecule has 2 aliphatic heterocycles. The zero-order valence-corrected chi connectivity index (χ0v) is 8.19. The molecule has 2 fully saturated rings. The van der Waals surface area contributed by atoms with Gasteiger partial charge in [0.2, 0.25) is 5.91 Å². The SMILES string of the molecule is CC1(C)OCCSC2CC(=O)N21. The van der Waals surface area contributed by atoms with E-state index >= 15 is 0 Å². The standard InChI is InChI=1S/C8H13NO2S/c1-8(2)9-6(10)5-7(9)12-4-3-11-8/h7H,3-5H2,1-2H3. The first-order chi connectivity index (χ1) is 5.61. The molecule has 0 N–H and O–H groups in total. The minimum atomic E-state index is -0.385. The quantitative estimate of drug-likeness (QED) is 0.531. The summed E-state index contributed by atoms with van der Waals surface area (Å²) in [6, 6.07) is 0. The molecule has 12 heavy (non-hydrogen) atoms. The Balaban J connectivity index is 2.18. The molecule has 0 aromatic carbocycles. The molecule has 0 aromatic heterocycles. The first kappa shape index (κ1) is 8.38. The predicted octanol–water partition coefficient (Wildman–Crippen LogP) is 1.04. The van der Waals surface area contributed by atoms with Crippen molar-refractivity contribution in [3.63, 3.8) is 0 Å². The van der Waals surface area contributed by atoms with E-state index in [1.165, 1.54) is 0 Å². The Labute approximate surface area is 76.4 Å². The van der Waals surface area contributed by atoms with E-state index < -0.39 is 0 Å². The molecule has 0 radical (unpaired) electrons. The Morgan fingerprint density at radius 1 is 1.67 bits per heavy atom. The summed E-state index contributed by atoms with van der Waals surface area (Å²) in [4.78, 5) is 13.1. The highest BCUT2D eigenvalue weighted by Crippen LogP contribution is 2.38. The molecule has 2 saturated heterocycles. The van der Waals surface area contributed by atoms with Crippen molar-refractivity contribution in [1.82, 2.24) is 4.90 Å². The Hall–Kier alpha value is -0.220. The molecular formula is C8H13NO2S. The average Bonchev–Trinajstić information content (AvgIpc) is 2.03. The minimum Gasteiger partial charge on any atom is -0.355 e. The monoisotopic (exact) mass is 187 g/mol. The zero-order chi connectivity index (χ0) is 8.77. The summed E-state index contributed by atoms with van der Waals surface area (Å²) in [5.41, 5.74) is -0.385. The zero-order valence-electron chi connectivity index (χ0n) is 7.37. The topological polar surface area (TPSA) is 29.5 Å². The van der Waals surface area contributed by atoms with Crippen LogP contribution < -0.4 is 0 Å². The lowest BCUT2D eigenvalue weighted by atomic mass is 10.1. The average molecular weight is 187 g/mol. The summed E-state index contributed by atoms with van der Waals surface area (Å²) >= 11 is 1.82. The first-order valence-electron chi connectivity index (χ1n) is 4.19. The smallest absolute Gasteiger partial charge is 0.228 e. The number of hydrogen-bond acceptors (Lipinski definition) is 3. The van der Waals surface area contributed by atoms with E-state index in [4.69, 9.17) is 4.74 Å². The second-order valence-corrected chi connectivity index (χ2v) is 4.87. The van der Waals surface area contributed by atoms with Crippen LogP contribution in [-0.2, 0) is 9.53 Å². The third-order valence-corrected chi connectivity index (χ3v) is 3.50. The van der Waals surface area contributed by atoms with Gasteiger partial charge in [-0.05, 0) is 13.8 Å². The van der Waals surface area contributed by atoms with E-state index in [0.29, 0.717) is 11.8 Å². The fourth-order valence-corrected chi connectivity index (χ4v) is 2.95. The molecule has 0 bridgehead atoms. The molecule has 0 spiro atoms. The van der Waals surface area contributed by atoms with Crippen LogP contribution in [0.2, 0.25) is 0 Å². The van der Waals surface area contributed by atoms with E-state index in [1.807, 2.05) is 30.5 Å². The largest absolute Gasteiger partial charge is 0.355 e. The van der Waals surface area contributed by atoms with Crippen molar-refractivity contribution in [3.8, 4) is 0 Å². The molecule has 0 saturated carbocycles. The van der Waals surface area contributed by atoms with Gasteiger partial charge in [-0.25, -0.2) is 0 Å². The highest BCUT2D eigenvalue weighted by Gasteiger charge is 2.47. The molecule has 1 unspecified atom stereocenters. The van der Waals surface area contributed by atoms with Crippen LogP contribution in [0.4, 0.5) is 0 Å². The molecule has 3 nitrogen and oxygen atoms in total. The van der Waals surface area contributed by atoms with E-state index in [0.717, 1.165) is 12.4 Å². The van der Waals surface area contributed by atoms with Gasteiger partial charge in [-0.15, -0.1) is 11.8 Å². The minimum absolute atomic E-state index is 0.222. The number of β-lactam (4-membered cyclic amide) rings is 1. The van der Waals surface area contributed by atoms with Crippen molar-refractivity contribution in [1.29, 1.82) is 0 Å². The summed E-state index contributed by atoms with van der Waals surface area (Å²) in [5.74, 6) is 1.22. The third kappa shape index (κ3) is 1.13. The normalized spacial score (nSPS) is 33.7. The van der Waals surface area contributed by atoms with Crippen LogP contribution >= 0.6 is 11.8 Å². The number of carbonyl (C=O) groups is 1. The Morgan fingerprint density at radius 2 is 2.42 bits per heavy atom. The molecular weight excluding hydrogens is 174 g/mol. The Morgan fingerprint density at radius 3 is 3.08 bits per heavy atom. The lowest BCUT2D eigenvalue weighted by Crippen LogP contribution is -2.60. The number of hydrogen-bond donors (Lipinski definition) is 0. The maximum Gasteiger partial charge on any atom is 0.228 e. The van der Waals surface area contributed by atoms with Crippen molar-refractivity contribution in [3.05, 3.63) is 0 Å². The number of rotatable bonds is 0. The number of thioether (sulfide) groups is 1. The Kier molecular flexibility index (Phi) is 1.84. The van der Waals surface area contributed by atoms with Gasteiger partial charge < -0.3 is 9.64 Å². The number of nitrogens with zero attached hydrogens (tertiary/aromatic N) is 1. The molecule has 1 atom stereocenters. The second-order valence-electron chi connectivity index (χ2n) is 3.59. The van der Waals surface area contributed by atoms with E-state index in [-0.39, 0.29) is 11.6 Å². The number of ether oxygens (including phenoxy) is 1. The van der Waals surface area contributed by atoms with Crippen molar-refractivity contribution in [2.24, 2.45) is 0 Å². The molecule has 68 valence electrons. The predicted molar refractivity (Wildman–Crippen MR) is 47.7 cm³/mol. The van der Waals surface area contributed by atoms with Crippen molar-refractivity contribution < 1.29 is 9.53 Å². The summed E-state index contributed by atoms with van der Waals surface area (Å²) in [6.45, 7) is 4.67. The lowest BCUT2D eigenvalue weighted by Gasteiger charge is -2.47. The van der Waals surface area contributed by atoms with Crippen molar-refractivity contribution >= 4 is 17.7 Å². The van der Waals surface area contributed by atoms with E-state index in [2.05, 4.69) is 0 Å². The number of carbonyl (C=O) groups excluding carboxylic acids is 1. The van der Waals surface area contributed by atoms with Gasteiger partial charge in [0.05, 0.1) is 18.4 Å². The lowest BCUT2D eigenvalue weighted by molar-refractivity contribution is -0.182. The molecule has 2 rings (SSSR count). The van der Waals surface area contributed by atoms with Gasteiger partial charge in [0.1, 0.15) is 5.72 Å². The summed E-state index contributed by atoms with van der Waals surface area (Å²) < 4.78 is 5.58. The first-order valence-corrected chi connectivity index (χ1v) is 5.24. The van der Waals surface area contributed by atoms with Gasteiger partial charge in [-0.3, -0.25) is 4.79 Å². The second kappa shape index (κ2) is 2.64. The summed E-state index contributed by atoms with van der Waals surface area (Å²) in [7, 11) is 0. The molecule has 2 heterocycles. The number of fused-ring (bicyclic) bond motifs is 1. The maximum absolute atomic E-state index is 11.3. The summed E-state index contributed by atoms with van der Waals surface area (Å²) in [5, 5.41) is 0.370. The van der Waals surface area contributed by atoms with Crippen molar-refractivity contribution in [2.45, 2.75) is 31.4 Å². The third-order valence-electron chi connectivity index (χ3n) is 2.33. The molecule has 1 amide bonds. The summed E-state index contributed by atoms with van der Waals surface area (Å²) in [6.07, 6.45) is 0.692. The van der Waals surface area contributed by atoms with Crippen molar-refractivity contribution in [2.75, 3.05) is 12.4 Å².